The van der Waals surface area contributed by atoms with Crippen molar-refractivity contribution in [2.75, 3.05) is 39.8 Å². The molecule has 0 aliphatic heterocycles. The van der Waals surface area contributed by atoms with E-state index in [9.17, 15) is 19.7 Å². The number of ether oxygens (including phenoxy) is 1. The third-order valence-corrected chi connectivity index (χ3v) is 4.20. The van der Waals surface area contributed by atoms with Gasteiger partial charge in [0.1, 0.15) is 0 Å². The van der Waals surface area contributed by atoms with Crippen LogP contribution in [0, 0.1) is 10.1 Å². The van der Waals surface area contributed by atoms with Crippen molar-refractivity contribution in [3.63, 3.8) is 0 Å². The van der Waals surface area contributed by atoms with E-state index in [0.29, 0.717) is 6.54 Å². The Labute approximate surface area is 153 Å². The highest BCUT2D eigenvalue weighted by Gasteiger charge is 2.19. The van der Waals surface area contributed by atoms with Crippen molar-refractivity contribution >= 4 is 17.6 Å². The van der Waals surface area contributed by atoms with Crippen molar-refractivity contribution in [2.24, 2.45) is 0 Å². The van der Waals surface area contributed by atoms with Gasteiger partial charge in [0.15, 0.2) is 0 Å². The number of nitro benzene ring substituents is 1. The average molecular weight is 365 g/mol. The molecule has 0 aliphatic carbocycles. The lowest BCUT2D eigenvalue weighted by Gasteiger charge is -2.24. The topological polar surface area (TPSA) is 93.0 Å². The summed E-state index contributed by atoms with van der Waals surface area (Å²) in [6.07, 6.45) is 0.839. The highest BCUT2D eigenvalue weighted by atomic mass is 16.6. The molecular formula is C18H27N3O5. The highest BCUT2D eigenvalue weighted by Crippen LogP contribution is 2.15. The predicted octanol–water partition coefficient (Wildman–Crippen LogP) is 2.33. The number of benzene rings is 1. The van der Waals surface area contributed by atoms with Crippen molar-refractivity contribution in [3.8, 4) is 0 Å². The molecule has 144 valence electrons. The average Bonchev–Trinajstić information content (AvgIpc) is 2.66. The molecule has 0 radical (unpaired) electrons. The molecule has 0 N–H and O–H groups in total. The van der Waals surface area contributed by atoms with Crippen molar-refractivity contribution < 1.29 is 19.2 Å². The summed E-state index contributed by atoms with van der Waals surface area (Å²) < 4.78 is 4.64. The first-order valence-corrected chi connectivity index (χ1v) is 8.75. The van der Waals surface area contributed by atoms with E-state index in [1.165, 1.54) is 25.3 Å². The minimum Gasteiger partial charge on any atom is -0.469 e. The Balaban J connectivity index is 2.84. The number of methoxy groups -OCH3 is 1. The first-order chi connectivity index (χ1) is 12.4. The summed E-state index contributed by atoms with van der Waals surface area (Å²) in [6, 6.07) is 5.64. The van der Waals surface area contributed by atoms with Crippen LogP contribution in [0.15, 0.2) is 24.3 Å². The fourth-order valence-corrected chi connectivity index (χ4v) is 2.60. The van der Waals surface area contributed by atoms with Gasteiger partial charge in [-0.25, -0.2) is 0 Å². The number of amides is 1. The number of carbonyl (C=O) groups excluding carboxylic acids is 2. The van der Waals surface area contributed by atoms with Crippen LogP contribution in [0.2, 0.25) is 0 Å². The molecule has 26 heavy (non-hydrogen) atoms. The third kappa shape index (κ3) is 6.79. The van der Waals surface area contributed by atoms with Crippen molar-refractivity contribution in [1.29, 1.82) is 0 Å². The van der Waals surface area contributed by atoms with Crippen LogP contribution in [0.4, 0.5) is 5.69 Å². The third-order valence-electron chi connectivity index (χ3n) is 4.20. The molecule has 0 fully saturated rings. The molecule has 1 aromatic carbocycles. The van der Waals surface area contributed by atoms with E-state index in [1.54, 1.807) is 11.0 Å². The molecule has 0 saturated carbocycles. The second-order valence-corrected chi connectivity index (χ2v) is 5.81. The fraction of sp³-hybridized carbons (Fsp3) is 0.556. The lowest BCUT2D eigenvalue weighted by molar-refractivity contribution is -0.384. The largest absolute Gasteiger partial charge is 0.469 e. The minimum absolute atomic E-state index is 0.0858. The number of hydrogen-bond acceptors (Lipinski definition) is 6. The van der Waals surface area contributed by atoms with E-state index in [4.69, 9.17) is 0 Å². The monoisotopic (exact) mass is 365 g/mol. The Bertz CT molecular complexity index is 617. The quantitative estimate of drug-likeness (QED) is 0.339. The molecule has 0 bridgehead atoms. The van der Waals surface area contributed by atoms with E-state index in [2.05, 4.69) is 23.5 Å². The molecule has 0 saturated heterocycles. The van der Waals surface area contributed by atoms with Gasteiger partial charge in [-0.05, 0) is 32.1 Å². The highest BCUT2D eigenvalue weighted by molar-refractivity contribution is 5.95. The number of nitrogens with zero attached hydrogens (tertiary/aromatic N) is 3. The number of nitro groups is 1. The zero-order valence-electron chi connectivity index (χ0n) is 15.6. The van der Waals surface area contributed by atoms with Crippen molar-refractivity contribution in [3.05, 3.63) is 39.9 Å². The van der Waals surface area contributed by atoms with Gasteiger partial charge in [0, 0.05) is 30.8 Å². The molecule has 8 heteroatoms. The van der Waals surface area contributed by atoms with E-state index in [1.807, 2.05) is 0 Å². The van der Waals surface area contributed by atoms with Gasteiger partial charge in [-0.2, -0.15) is 0 Å². The van der Waals surface area contributed by atoms with Crippen LogP contribution in [0.1, 0.15) is 37.0 Å². The molecule has 0 atom stereocenters. The first-order valence-electron chi connectivity index (χ1n) is 8.75. The van der Waals surface area contributed by atoms with Gasteiger partial charge < -0.3 is 14.5 Å². The van der Waals surface area contributed by atoms with Crippen LogP contribution in [-0.4, -0.2) is 66.4 Å². The molecule has 0 unspecified atom stereocenters. The molecule has 0 heterocycles. The lowest BCUT2D eigenvalue weighted by Crippen LogP contribution is -2.36. The Morgan fingerprint density at radius 1 is 1.15 bits per heavy atom. The second-order valence-electron chi connectivity index (χ2n) is 5.81. The predicted molar refractivity (Wildman–Crippen MR) is 98.0 cm³/mol. The molecule has 0 aromatic heterocycles. The van der Waals surface area contributed by atoms with E-state index in [0.717, 1.165) is 26.1 Å². The number of esters is 1. The summed E-state index contributed by atoms with van der Waals surface area (Å²) in [5.74, 6) is -0.720. The Morgan fingerprint density at radius 2 is 1.85 bits per heavy atom. The molecular weight excluding hydrogens is 338 g/mol. The van der Waals surface area contributed by atoms with Crippen LogP contribution >= 0.6 is 0 Å². The van der Waals surface area contributed by atoms with Gasteiger partial charge in [-0.3, -0.25) is 19.7 Å². The number of hydrogen-bond donors (Lipinski definition) is 0. The fourth-order valence-electron chi connectivity index (χ4n) is 2.60. The van der Waals surface area contributed by atoms with Gasteiger partial charge >= 0.3 is 5.97 Å². The Kier molecular flexibility index (Phi) is 9.29. The van der Waals surface area contributed by atoms with Gasteiger partial charge in [0.2, 0.25) is 0 Å². The van der Waals surface area contributed by atoms with Gasteiger partial charge in [-0.15, -0.1) is 0 Å². The second kappa shape index (κ2) is 11.2. The number of rotatable bonds is 11. The van der Waals surface area contributed by atoms with E-state index >= 15 is 0 Å². The molecule has 1 aromatic rings. The summed E-state index contributed by atoms with van der Waals surface area (Å²) in [4.78, 5) is 38.4. The van der Waals surface area contributed by atoms with Crippen molar-refractivity contribution in [1.82, 2.24) is 9.80 Å². The molecule has 8 nitrogen and oxygen atoms in total. The van der Waals surface area contributed by atoms with Crippen LogP contribution < -0.4 is 0 Å². The summed E-state index contributed by atoms with van der Waals surface area (Å²) in [7, 11) is 1.30. The Morgan fingerprint density at radius 3 is 2.42 bits per heavy atom. The van der Waals surface area contributed by atoms with E-state index < -0.39 is 10.9 Å². The smallest absolute Gasteiger partial charge is 0.307 e. The zero-order chi connectivity index (χ0) is 19.5. The molecule has 0 aliphatic rings. The van der Waals surface area contributed by atoms with Crippen LogP contribution in [0.3, 0.4) is 0 Å². The van der Waals surface area contributed by atoms with Gasteiger partial charge in [0.05, 0.1) is 18.5 Å². The SMILES string of the molecule is CCN(CC)CCCN(CCC(=O)OC)C(=O)c1cccc([N+](=O)[O-])c1. The van der Waals surface area contributed by atoms with Crippen LogP contribution in [0.5, 0.6) is 0 Å². The molecule has 1 amide bonds. The number of non-ortho nitro benzene ring substituents is 1. The molecule has 0 spiro atoms. The normalized spacial score (nSPS) is 10.6. The number of carbonyl (C=O) groups is 2. The summed E-state index contributed by atoms with van der Waals surface area (Å²) in [6.45, 7) is 7.53. The molecule has 1 rings (SSSR count). The maximum Gasteiger partial charge on any atom is 0.307 e. The van der Waals surface area contributed by atoms with Crippen molar-refractivity contribution in [2.45, 2.75) is 26.7 Å². The standard InChI is InChI=1S/C18H27N3O5/c1-4-19(5-2)11-7-12-20(13-10-17(22)26-3)18(23)15-8-6-9-16(14-15)21(24)25/h6,8-9,14H,4-5,7,10-13H2,1-3H3. The summed E-state index contributed by atoms with van der Waals surface area (Å²) in [5.41, 5.74) is 0.110. The summed E-state index contributed by atoms with van der Waals surface area (Å²) >= 11 is 0. The maximum atomic E-state index is 12.8. The zero-order valence-corrected chi connectivity index (χ0v) is 15.6. The van der Waals surface area contributed by atoms with Crippen LogP contribution in [0.25, 0.3) is 0 Å². The maximum absolute atomic E-state index is 12.8. The Hall–Kier alpha value is -2.48. The first kappa shape index (κ1) is 21.6. The minimum atomic E-state index is -0.532. The van der Waals surface area contributed by atoms with Gasteiger partial charge in [-0.1, -0.05) is 19.9 Å². The van der Waals surface area contributed by atoms with Crippen LogP contribution in [-0.2, 0) is 9.53 Å². The lowest BCUT2D eigenvalue weighted by atomic mass is 10.1. The van der Waals surface area contributed by atoms with E-state index in [-0.39, 0.29) is 30.1 Å². The van der Waals surface area contributed by atoms with Gasteiger partial charge in [0.25, 0.3) is 11.6 Å². The summed E-state index contributed by atoms with van der Waals surface area (Å²) in [5, 5.41) is 10.9.